The highest BCUT2D eigenvalue weighted by Gasteiger charge is 2.24. The molecule has 0 aliphatic carbocycles. The van der Waals surface area contributed by atoms with E-state index in [0.29, 0.717) is 6.54 Å². The summed E-state index contributed by atoms with van der Waals surface area (Å²) in [5, 5.41) is 0. The van der Waals surface area contributed by atoms with E-state index in [9.17, 15) is 9.59 Å². The summed E-state index contributed by atoms with van der Waals surface area (Å²) in [6.45, 7) is 0.674. The van der Waals surface area contributed by atoms with Gasteiger partial charge >= 0.3 is 0 Å². The molecule has 0 radical (unpaired) electrons. The summed E-state index contributed by atoms with van der Waals surface area (Å²) in [7, 11) is 3.39. The van der Waals surface area contributed by atoms with Gasteiger partial charge in [0.25, 0.3) is 0 Å². The minimum atomic E-state index is -0.0231. The molecule has 0 unspecified atom stereocenters. The molecule has 1 heterocycles. The predicted octanol–water partition coefficient (Wildman–Crippen LogP) is 1.03. The van der Waals surface area contributed by atoms with Crippen LogP contribution in [0, 0.1) is 0 Å². The van der Waals surface area contributed by atoms with Crippen molar-refractivity contribution >= 4 is 23.2 Å². The molecule has 0 saturated heterocycles. The number of rotatable bonds is 3. The quantitative estimate of drug-likeness (QED) is 0.826. The van der Waals surface area contributed by atoms with Crippen molar-refractivity contribution in [3.05, 3.63) is 23.8 Å². The Morgan fingerprint density at radius 1 is 1.32 bits per heavy atom. The first-order chi connectivity index (χ1) is 8.99. The van der Waals surface area contributed by atoms with Crippen molar-refractivity contribution in [2.75, 3.05) is 31.3 Å². The van der Waals surface area contributed by atoms with Crippen LogP contribution in [0.4, 0.5) is 11.4 Å². The number of carbonyl (C=O) groups excluding carboxylic acids is 2. The Kier molecular flexibility index (Phi) is 3.74. The lowest BCUT2D eigenvalue weighted by molar-refractivity contribution is -0.130. The van der Waals surface area contributed by atoms with Crippen LogP contribution in [0.15, 0.2) is 18.2 Å². The number of nitrogens with two attached hydrogens (primary N) is 1. The van der Waals surface area contributed by atoms with Crippen LogP contribution < -0.4 is 10.6 Å². The molecule has 0 atom stereocenters. The van der Waals surface area contributed by atoms with Crippen LogP contribution in [-0.4, -0.2) is 37.4 Å². The van der Waals surface area contributed by atoms with Crippen LogP contribution in [0.5, 0.6) is 0 Å². The third kappa shape index (κ3) is 2.86. The normalized spacial score (nSPS) is 13.3. The number of hydrogen-bond acceptors (Lipinski definition) is 3. The Morgan fingerprint density at radius 2 is 2.05 bits per heavy atom. The van der Waals surface area contributed by atoms with Gasteiger partial charge < -0.3 is 15.5 Å². The summed E-state index contributed by atoms with van der Waals surface area (Å²) < 4.78 is 0. The average Bonchev–Trinajstić information content (AvgIpc) is 2.78. The minimum Gasteiger partial charge on any atom is -0.399 e. The second kappa shape index (κ2) is 5.30. The maximum atomic E-state index is 12.1. The van der Waals surface area contributed by atoms with Gasteiger partial charge in [0.1, 0.15) is 0 Å². The molecular formula is C14H19N3O2. The molecule has 1 aromatic rings. The first-order valence-corrected chi connectivity index (χ1v) is 6.38. The zero-order chi connectivity index (χ0) is 14.0. The van der Waals surface area contributed by atoms with Crippen molar-refractivity contribution in [2.24, 2.45) is 0 Å². The number of carbonyl (C=O) groups is 2. The highest BCUT2D eigenvalue weighted by molar-refractivity contribution is 5.97. The topological polar surface area (TPSA) is 66.6 Å². The molecule has 2 amide bonds. The maximum Gasteiger partial charge on any atom is 0.227 e. The van der Waals surface area contributed by atoms with Gasteiger partial charge in [0.15, 0.2) is 0 Å². The van der Waals surface area contributed by atoms with Gasteiger partial charge in [0, 0.05) is 44.9 Å². The molecule has 2 rings (SSSR count). The molecule has 2 N–H and O–H groups in total. The van der Waals surface area contributed by atoms with E-state index in [4.69, 9.17) is 5.73 Å². The van der Waals surface area contributed by atoms with E-state index in [2.05, 4.69) is 0 Å². The molecule has 1 aromatic carbocycles. The molecule has 0 spiro atoms. The molecule has 1 aliphatic heterocycles. The van der Waals surface area contributed by atoms with E-state index in [1.165, 1.54) is 4.90 Å². The van der Waals surface area contributed by atoms with E-state index < -0.39 is 0 Å². The summed E-state index contributed by atoms with van der Waals surface area (Å²) in [6.07, 6.45) is 1.33. The van der Waals surface area contributed by atoms with E-state index in [1.54, 1.807) is 25.1 Å². The molecule has 5 heteroatoms. The van der Waals surface area contributed by atoms with Gasteiger partial charge in [-0.05, 0) is 30.2 Å². The molecule has 1 aliphatic rings. The van der Waals surface area contributed by atoms with Crippen molar-refractivity contribution in [2.45, 2.75) is 19.3 Å². The Labute approximate surface area is 113 Å². The molecule has 102 valence electrons. The van der Waals surface area contributed by atoms with E-state index in [0.717, 1.165) is 23.4 Å². The van der Waals surface area contributed by atoms with Gasteiger partial charge in [-0.1, -0.05) is 0 Å². The average molecular weight is 261 g/mol. The molecule has 0 fully saturated rings. The van der Waals surface area contributed by atoms with Gasteiger partial charge in [-0.2, -0.15) is 0 Å². The standard InChI is InChI=1S/C14H19N3O2/c1-16(2)13(18)5-6-14(19)17-8-7-10-9-11(15)3-4-12(10)17/h3-4,9H,5-8,15H2,1-2H3. The number of amides is 2. The van der Waals surface area contributed by atoms with Crippen LogP contribution >= 0.6 is 0 Å². The third-order valence-corrected chi connectivity index (χ3v) is 3.35. The van der Waals surface area contributed by atoms with Crippen LogP contribution in [0.1, 0.15) is 18.4 Å². The van der Waals surface area contributed by atoms with Crippen molar-refractivity contribution in [1.29, 1.82) is 0 Å². The SMILES string of the molecule is CN(C)C(=O)CCC(=O)N1CCc2cc(N)ccc21. The molecule has 0 aromatic heterocycles. The fraction of sp³-hybridized carbons (Fsp3) is 0.429. The zero-order valence-corrected chi connectivity index (χ0v) is 11.3. The lowest BCUT2D eigenvalue weighted by Gasteiger charge is -2.18. The van der Waals surface area contributed by atoms with Crippen molar-refractivity contribution < 1.29 is 9.59 Å². The van der Waals surface area contributed by atoms with Gasteiger partial charge in [-0.25, -0.2) is 0 Å². The largest absolute Gasteiger partial charge is 0.399 e. The fourth-order valence-electron chi connectivity index (χ4n) is 2.25. The van der Waals surface area contributed by atoms with E-state index >= 15 is 0 Å². The number of fused-ring (bicyclic) bond motifs is 1. The lowest BCUT2D eigenvalue weighted by Crippen LogP contribution is -2.30. The van der Waals surface area contributed by atoms with Crippen molar-refractivity contribution in [3.63, 3.8) is 0 Å². The third-order valence-electron chi connectivity index (χ3n) is 3.35. The molecule has 0 bridgehead atoms. The van der Waals surface area contributed by atoms with Gasteiger partial charge in [0.2, 0.25) is 11.8 Å². The van der Waals surface area contributed by atoms with Crippen LogP contribution in [0.2, 0.25) is 0 Å². The van der Waals surface area contributed by atoms with Gasteiger partial charge in [-0.15, -0.1) is 0 Å². The highest BCUT2D eigenvalue weighted by atomic mass is 16.2. The number of hydrogen-bond donors (Lipinski definition) is 1. The van der Waals surface area contributed by atoms with Crippen molar-refractivity contribution in [3.8, 4) is 0 Å². The summed E-state index contributed by atoms with van der Waals surface area (Å²) in [5.41, 5.74) is 8.48. The van der Waals surface area contributed by atoms with E-state index in [1.807, 2.05) is 12.1 Å². The lowest BCUT2D eigenvalue weighted by atomic mass is 10.1. The summed E-state index contributed by atoms with van der Waals surface area (Å²) >= 11 is 0. The summed E-state index contributed by atoms with van der Waals surface area (Å²) in [5.74, 6) is -0.0243. The molecule has 0 saturated carbocycles. The Morgan fingerprint density at radius 3 is 2.74 bits per heavy atom. The number of nitrogens with zero attached hydrogens (tertiary/aromatic N) is 2. The second-order valence-corrected chi connectivity index (χ2v) is 4.97. The number of nitrogen functional groups attached to an aromatic ring is 1. The van der Waals surface area contributed by atoms with Crippen LogP contribution in [-0.2, 0) is 16.0 Å². The molecule has 19 heavy (non-hydrogen) atoms. The summed E-state index contributed by atoms with van der Waals surface area (Å²) in [4.78, 5) is 26.9. The Balaban J connectivity index is 2.01. The van der Waals surface area contributed by atoms with E-state index in [-0.39, 0.29) is 24.7 Å². The number of benzene rings is 1. The smallest absolute Gasteiger partial charge is 0.227 e. The molecular weight excluding hydrogens is 242 g/mol. The monoisotopic (exact) mass is 261 g/mol. The maximum absolute atomic E-state index is 12.1. The predicted molar refractivity (Wildman–Crippen MR) is 74.8 cm³/mol. The van der Waals surface area contributed by atoms with Gasteiger partial charge in [-0.3, -0.25) is 9.59 Å². The van der Waals surface area contributed by atoms with Gasteiger partial charge in [0.05, 0.1) is 0 Å². The second-order valence-electron chi connectivity index (χ2n) is 4.97. The zero-order valence-electron chi connectivity index (χ0n) is 11.3. The first kappa shape index (κ1) is 13.4. The van der Waals surface area contributed by atoms with Crippen LogP contribution in [0.25, 0.3) is 0 Å². The number of anilines is 2. The minimum absolute atomic E-state index is 0.00118. The van der Waals surface area contributed by atoms with Crippen LogP contribution in [0.3, 0.4) is 0 Å². The highest BCUT2D eigenvalue weighted by Crippen LogP contribution is 2.30. The van der Waals surface area contributed by atoms with Crippen molar-refractivity contribution in [1.82, 2.24) is 4.90 Å². The molecule has 5 nitrogen and oxygen atoms in total. The fourth-order valence-corrected chi connectivity index (χ4v) is 2.25. The first-order valence-electron chi connectivity index (χ1n) is 6.38. The summed E-state index contributed by atoms with van der Waals surface area (Å²) in [6, 6.07) is 5.59. The Bertz CT molecular complexity index is 511. The Hall–Kier alpha value is -2.04.